The number of hydrogen-bond donors (Lipinski definition) is 0. The second-order valence-corrected chi connectivity index (χ2v) is 10.5. The van der Waals surface area contributed by atoms with E-state index < -0.39 is 66.3 Å². The molecule has 0 aromatic heterocycles. The first-order valence-corrected chi connectivity index (χ1v) is 12.3. The Kier molecular flexibility index (Phi) is 5.25. The Balaban J connectivity index is 1.55. The van der Waals surface area contributed by atoms with Gasteiger partial charge < -0.3 is 9.80 Å². The number of amides is 2. The van der Waals surface area contributed by atoms with E-state index in [0.717, 1.165) is 11.6 Å². The summed E-state index contributed by atoms with van der Waals surface area (Å²) >= 11 is 0. The fourth-order valence-corrected chi connectivity index (χ4v) is 6.36. The lowest BCUT2D eigenvalue weighted by molar-refractivity contribution is -0.228. The zero-order valence-electron chi connectivity index (χ0n) is 23.2. The number of fused-ring (bicyclic) bond motifs is 3. The van der Waals surface area contributed by atoms with E-state index in [4.69, 9.17) is 4.11 Å². The van der Waals surface area contributed by atoms with Crippen molar-refractivity contribution in [1.29, 1.82) is 0 Å². The molecule has 3 aliphatic rings. The lowest BCUT2D eigenvalue weighted by Crippen LogP contribution is -2.53. The van der Waals surface area contributed by atoms with E-state index in [0.29, 0.717) is 42.2 Å². The largest absolute Gasteiger partial charge is 0.426 e. The Labute approximate surface area is 216 Å². The number of hydrogen-bond acceptors (Lipinski definition) is 2. The summed E-state index contributed by atoms with van der Waals surface area (Å²) in [5, 5.41) is 0. The van der Waals surface area contributed by atoms with Gasteiger partial charge in [-0.15, -0.1) is 0 Å². The third-order valence-electron chi connectivity index (χ3n) is 8.39. The van der Waals surface area contributed by atoms with E-state index in [1.807, 2.05) is 30.3 Å². The fourth-order valence-electron chi connectivity index (χ4n) is 6.36. The van der Waals surface area contributed by atoms with E-state index in [2.05, 4.69) is 0 Å². The van der Waals surface area contributed by atoms with Crippen LogP contribution in [-0.2, 0) is 33.5 Å². The number of likely N-dealkylation sites (N-methyl/N-ethyl adjacent to an activating group) is 1. The molecule has 2 heterocycles. The van der Waals surface area contributed by atoms with Crippen molar-refractivity contribution >= 4 is 11.8 Å². The predicted molar refractivity (Wildman–Crippen MR) is 127 cm³/mol. The zero-order chi connectivity index (χ0) is 29.3. The summed E-state index contributed by atoms with van der Waals surface area (Å²) in [6.07, 6.45) is -6.32. The topological polar surface area (TPSA) is 40.6 Å². The van der Waals surface area contributed by atoms with Crippen LogP contribution in [0.4, 0.5) is 22.0 Å². The molecule has 5 rings (SSSR count). The number of carbonyl (C=O) groups excluding carboxylic acids is 2. The van der Waals surface area contributed by atoms with Gasteiger partial charge >= 0.3 is 6.18 Å². The van der Waals surface area contributed by atoms with Crippen LogP contribution in [0.25, 0.3) is 0 Å². The molecule has 198 valence electrons. The third-order valence-corrected chi connectivity index (χ3v) is 8.39. The quantitative estimate of drug-likeness (QED) is 0.528. The van der Waals surface area contributed by atoms with Crippen LogP contribution in [0.1, 0.15) is 52.6 Å². The smallest absolute Gasteiger partial charge is 0.337 e. The van der Waals surface area contributed by atoms with Crippen LogP contribution in [0, 0.1) is 0 Å². The van der Waals surface area contributed by atoms with Gasteiger partial charge in [-0.05, 0) is 54.9 Å². The molecular weight excluding hydrogens is 491 g/mol. The normalized spacial score (nSPS) is 30.7. The van der Waals surface area contributed by atoms with Gasteiger partial charge in [-0.1, -0.05) is 48.5 Å². The predicted octanol–water partition coefficient (Wildman–Crippen LogP) is 5.03. The maximum atomic E-state index is 14.9. The van der Waals surface area contributed by atoms with Gasteiger partial charge in [0.15, 0.2) is 6.17 Å². The summed E-state index contributed by atoms with van der Waals surface area (Å²) in [5.74, 6) is -1.90. The van der Waals surface area contributed by atoms with Crippen molar-refractivity contribution in [2.45, 2.75) is 74.5 Å². The number of benzene rings is 2. The highest BCUT2D eigenvalue weighted by Crippen LogP contribution is 2.51. The molecule has 2 fully saturated rings. The van der Waals surface area contributed by atoms with Crippen LogP contribution >= 0.6 is 0 Å². The van der Waals surface area contributed by atoms with Gasteiger partial charge in [0.25, 0.3) is 5.91 Å². The van der Waals surface area contributed by atoms with Crippen molar-refractivity contribution in [2.75, 3.05) is 13.5 Å². The van der Waals surface area contributed by atoms with Crippen LogP contribution in [-0.4, -0.2) is 59.6 Å². The molecule has 0 radical (unpaired) electrons. The molecule has 0 N–H and O–H groups in total. The van der Waals surface area contributed by atoms with Gasteiger partial charge in [0, 0.05) is 35.5 Å². The highest BCUT2D eigenvalue weighted by molar-refractivity contribution is 5.93. The number of rotatable bonds is 4. The molecule has 2 saturated heterocycles. The number of nitrogens with zero attached hydrogens (tertiary/aromatic N) is 2. The van der Waals surface area contributed by atoms with Crippen LogP contribution in [0.2, 0.25) is 0 Å². The minimum Gasteiger partial charge on any atom is -0.337 e. The average molecular weight is 524 g/mol. The minimum absolute atomic E-state index is 0.192. The number of alkyl halides is 5. The highest BCUT2D eigenvalue weighted by Gasteiger charge is 2.56. The first-order valence-electron chi connectivity index (χ1n) is 13.8. The van der Waals surface area contributed by atoms with Crippen molar-refractivity contribution in [3.8, 4) is 0 Å². The summed E-state index contributed by atoms with van der Waals surface area (Å²) < 4.78 is 92.8. The maximum Gasteiger partial charge on any atom is 0.426 e. The number of carbonyl (C=O) groups is 2. The first kappa shape index (κ1) is 22.1. The lowest BCUT2D eigenvalue weighted by atomic mass is 9.63. The molecule has 37 heavy (non-hydrogen) atoms. The molecule has 1 unspecified atom stereocenters. The summed E-state index contributed by atoms with van der Waals surface area (Å²) in [6.45, 7) is -2.31. The molecule has 1 aliphatic carbocycles. The molecule has 0 bridgehead atoms. The second-order valence-electron chi connectivity index (χ2n) is 10.5. The maximum absolute atomic E-state index is 14.9. The standard InChI is InChI=1S/C28H29F5N2O2/c1-26(30,28(31,32)33)19-9-10-20-18(14-19)8-11-23-27(20,16-17-6-4-3-5-7-17)12-13-35(23)25(37)22-15-21(29)24(36)34(22)2/h3-7,9-10,14,21-23H,8,11-13,15-16H2,1-2H3/t21-,22-,23+,26?,27+/m0/s1/i2D3. The van der Waals surface area contributed by atoms with E-state index in [-0.39, 0.29) is 13.0 Å². The molecule has 9 heteroatoms. The van der Waals surface area contributed by atoms with Crippen molar-refractivity contribution in [3.63, 3.8) is 0 Å². The van der Waals surface area contributed by atoms with Crippen molar-refractivity contribution in [3.05, 3.63) is 70.8 Å². The summed E-state index contributed by atoms with van der Waals surface area (Å²) in [5.41, 5.74) is -2.59. The molecule has 2 aromatic carbocycles. The Morgan fingerprint density at radius 3 is 2.57 bits per heavy atom. The van der Waals surface area contributed by atoms with E-state index in [9.17, 15) is 31.5 Å². The molecule has 2 amide bonds. The Morgan fingerprint density at radius 1 is 1.16 bits per heavy atom. The number of likely N-dealkylation sites (tertiary alicyclic amines) is 2. The van der Waals surface area contributed by atoms with Crippen molar-refractivity contribution < 1.29 is 35.7 Å². The summed E-state index contributed by atoms with van der Waals surface area (Å²) in [6, 6.07) is 11.3. The van der Waals surface area contributed by atoms with Gasteiger partial charge in [0.2, 0.25) is 11.6 Å². The van der Waals surface area contributed by atoms with Crippen LogP contribution in [0.15, 0.2) is 48.5 Å². The first-order chi connectivity index (χ1) is 18.6. The monoisotopic (exact) mass is 523 g/mol. The Hall–Kier alpha value is -2.97. The summed E-state index contributed by atoms with van der Waals surface area (Å²) in [7, 11) is 0. The van der Waals surface area contributed by atoms with Crippen LogP contribution in [0.5, 0.6) is 0 Å². The molecule has 2 aromatic rings. The van der Waals surface area contributed by atoms with Crippen molar-refractivity contribution in [2.24, 2.45) is 0 Å². The van der Waals surface area contributed by atoms with Crippen LogP contribution < -0.4 is 0 Å². The fraction of sp³-hybridized carbons (Fsp3) is 0.500. The Morgan fingerprint density at radius 2 is 1.89 bits per heavy atom. The van der Waals surface area contributed by atoms with Gasteiger partial charge in [-0.25, -0.2) is 8.78 Å². The molecule has 2 aliphatic heterocycles. The molecule has 4 nitrogen and oxygen atoms in total. The Bertz CT molecular complexity index is 1320. The number of aryl methyl sites for hydroxylation is 1. The van der Waals surface area contributed by atoms with E-state index in [1.54, 1.807) is 0 Å². The second kappa shape index (κ2) is 8.81. The SMILES string of the molecule is [2H]C([2H])([2H])N1C(=O)[C@@H](F)C[C@H]1C(=O)N1CC[C@@]2(Cc3ccccc3)c3ccc(C(C)(F)C(F)(F)F)cc3CC[C@@H]12. The van der Waals surface area contributed by atoms with Gasteiger partial charge in [-0.3, -0.25) is 9.59 Å². The molecular formula is C28H29F5N2O2. The minimum atomic E-state index is -5.10. The zero-order valence-corrected chi connectivity index (χ0v) is 20.2. The summed E-state index contributed by atoms with van der Waals surface area (Å²) in [4.78, 5) is 28.0. The highest BCUT2D eigenvalue weighted by atomic mass is 19.4. The third kappa shape index (κ3) is 4.01. The van der Waals surface area contributed by atoms with E-state index in [1.165, 1.54) is 17.0 Å². The lowest BCUT2D eigenvalue weighted by Gasteiger charge is -2.44. The van der Waals surface area contributed by atoms with Crippen molar-refractivity contribution in [1.82, 2.24) is 9.80 Å². The average Bonchev–Trinajstić information content (AvgIpc) is 3.40. The van der Waals surface area contributed by atoms with Gasteiger partial charge in [0.1, 0.15) is 6.04 Å². The number of halogens is 5. The van der Waals surface area contributed by atoms with Gasteiger partial charge in [0.05, 0.1) is 0 Å². The van der Waals surface area contributed by atoms with Gasteiger partial charge in [-0.2, -0.15) is 13.2 Å². The van der Waals surface area contributed by atoms with E-state index >= 15 is 0 Å². The molecule has 0 spiro atoms. The molecule has 5 atom stereocenters. The van der Waals surface area contributed by atoms with Crippen LogP contribution in [0.3, 0.4) is 0 Å². The molecule has 0 saturated carbocycles.